The fraction of sp³-hybridized carbons (Fsp3) is 0.375. The van der Waals surface area contributed by atoms with Crippen molar-refractivity contribution in [3.05, 3.63) is 52.0 Å². The molecular formula is C16H19FN2OS. The summed E-state index contributed by atoms with van der Waals surface area (Å²) in [5.74, 6) is -0.00602. The number of benzene rings is 1. The minimum absolute atomic E-state index is 0.160. The minimum atomic E-state index is -0.314. The van der Waals surface area contributed by atoms with E-state index in [1.165, 1.54) is 18.7 Å². The van der Waals surface area contributed by atoms with Crippen LogP contribution in [0.3, 0.4) is 0 Å². The molecule has 1 aromatic carbocycles. The second kappa shape index (κ2) is 6.56. The highest BCUT2D eigenvalue weighted by Gasteiger charge is 2.25. The van der Waals surface area contributed by atoms with Gasteiger partial charge >= 0.3 is 0 Å². The maximum Gasteiger partial charge on any atom is 0.165 e. The number of piperazine rings is 1. The number of nitrogens with one attached hydrogen (secondary N) is 1. The smallest absolute Gasteiger partial charge is 0.165 e. The van der Waals surface area contributed by atoms with E-state index in [4.69, 9.17) is 4.74 Å². The van der Waals surface area contributed by atoms with Gasteiger partial charge < -0.3 is 10.1 Å². The fourth-order valence-corrected chi connectivity index (χ4v) is 3.51. The molecule has 0 radical (unpaired) electrons. The highest BCUT2D eigenvalue weighted by atomic mass is 32.1. The molecule has 0 unspecified atom stereocenters. The Hall–Kier alpha value is -1.43. The van der Waals surface area contributed by atoms with E-state index < -0.39 is 0 Å². The van der Waals surface area contributed by atoms with Crippen molar-refractivity contribution in [2.45, 2.75) is 6.04 Å². The van der Waals surface area contributed by atoms with E-state index in [1.807, 2.05) is 12.1 Å². The van der Waals surface area contributed by atoms with Crippen LogP contribution < -0.4 is 10.1 Å². The van der Waals surface area contributed by atoms with Crippen LogP contribution in [0, 0.1) is 5.82 Å². The van der Waals surface area contributed by atoms with E-state index in [1.54, 1.807) is 11.3 Å². The first-order chi connectivity index (χ1) is 10.3. The molecule has 3 nitrogen and oxygen atoms in total. The second-order valence-electron chi connectivity index (χ2n) is 5.14. The van der Waals surface area contributed by atoms with Gasteiger partial charge in [0, 0.05) is 26.2 Å². The molecule has 1 aliphatic heterocycles. The average molecular weight is 306 g/mol. The van der Waals surface area contributed by atoms with E-state index in [2.05, 4.69) is 27.0 Å². The second-order valence-corrected chi connectivity index (χ2v) is 5.92. The van der Waals surface area contributed by atoms with Gasteiger partial charge in [0.1, 0.15) is 0 Å². The Morgan fingerprint density at radius 1 is 1.24 bits per heavy atom. The Bertz CT molecular complexity index is 582. The van der Waals surface area contributed by atoms with Crippen LogP contribution in [0.1, 0.15) is 17.2 Å². The number of nitrogens with zero attached hydrogens (tertiary/aromatic N) is 1. The lowest BCUT2D eigenvalue weighted by molar-refractivity contribution is 0.198. The molecule has 0 bridgehead atoms. The highest BCUT2D eigenvalue weighted by molar-refractivity contribution is 7.08. The maximum atomic E-state index is 13.7. The van der Waals surface area contributed by atoms with E-state index in [9.17, 15) is 4.39 Å². The van der Waals surface area contributed by atoms with E-state index in [-0.39, 0.29) is 11.9 Å². The molecule has 1 saturated heterocycles. The summed E-state index contributed by atoms with van der Waals surface area (Å²) in [4.78, 5) is 2.44. The first kappa shape index (κ1) is 14.5. The summed E-state index contributed by atoms with van der Waals surface area (Å²) in [6.07, 6.45) is 0. The van der Waals surface area contributed by atoms with Gasteiger partial charge in [0.25, 0.3) is 0 Å². The Kier molecular flexibility index (Phi) is 4.53. The molecule has 0 spiro atoms. The van der Waals surface area contributed by atoms with E-state index in [0.717, 1.165) is 31.7 Å². The van der Waals surface area contributed by atoms with Crippen molar-refractivity contribution in [3.63, 3.8) is 0 Å². The molecule has 0 amide bonds. The molecule has 0 aliphatic carbocycles. The quantitative estimate of drug-likeness (QED) is 0.940. The van der Waals surface area contributed by atoms with Gasteiger partial charge in [-0.1, -0.05) is 6.07 Å². The number of hydrogen-bond acceptors (Lipinski definition) is 4. The summed E-state index contributed by atoms with van der Waals surface area (Å²) >= 11 is 1.69. The molecule has 1 fully saturated rings. The number of methoxy groups -OCH3 is 1. The van der Waals surface area contributed by atoms with Crippen LogP contribution >= 0.6 is 11.3 Å². The predicted molar refractivity (Wildman–Crippen MR) is 83.6 cm³/mol. The standard InChI is InChI=1S/C16H19FN2OS/c1-20-15-10-12(2-3-14(15)17)16(13-4-9-21-11-13)19-7-5-18-6-8-19/h2-4,9-11,16,18H,5-8H2,1H3/t16-/m1/s1. The topological polar surface area (TPSA) is 24.5 Å². The summed E-state index contributed by atoms with van der Waals surface area (Å²) in [5.41, 5.74) is 2.34. The molecule has 1 aliphatic rings. The third-order valence-electron chi connectivity index (χ3n) is 3.87. The van der Waals surface area contributed by atoms with Crippen LogP contribution in [-0.2, 0) is 0 Å². The minimum Gasteiger partial charge on any atom is -0.494 e. The molecule has 1 aromatic heterocycles. The summed E-state index contributed by atoms with van der Waals surface area (Å²) < 4.78 is 18.8. The van der Waals surface area contributed by atoms with Gasteiger partial charge in [-0.2, -0.15) is 11.3 Å². The molecule has 21 heavy (non-hydrogen) atoms. The van der Waals surface area contributed by atoms with Gasteiger partial charge in [-0.05, 0) is 40.1 Å². The lowest BCUT2D eigenvalue weighted by Gasteiger charge is -2.35. The van der Waals surface area contributed by atoms with Crippen LogP contribution in [0.4, 0.5) is 4.39 Å². The third-order valence-corrected chi connectivity index (χ3v) is 4.57. The van der Waals surface area contributed by atoms with Crippen LogP contribution in [0.5, 0.6) is 5.75 Å². The number of rotatable bonds is 4. The van der Waals surface area contributed by atoms with Gasteiger partial charge in [0.15, 0.2) is 11.6 Å². The average Bonchev–Trinajstić information content (AvgIpc) is 3.04. The lowest BCUT2D eigenvalue weighted by atomic mass is 9.98. The van der Waals surface area contributed by atoms with Gasteiger partial charge in [-0.3, -0.25) is 4.90 Å². The maximum absolute atomic E-state index is 13.7. The Morgan fingerprint density at radius 3 is 2.71 bits per heavy atom. The normalized spacial score (nSPS) is 17.6. The first-order valence-corrected chi connectivity index (χ1v) is 8.04. The molecule has 5 heteroatoms. The number of thiophene rings is 1. The largest absolute Gasteiger partial charge is 0.494 e. The molecule has 3 rings (SSSR count). The van der Waals surface area contributed by atoms with Crippen LogP contribution in [-0.4, -0.2) is 38.2 Å². The van der Waals surface area contributed by atoms with Crippen molar-refractivity contribution in [1.29, 1.82) is 0 Å². The molecule has 1 N–H and O–H groups in total. The van der Waals surface area contributed by atoms with E-state index >= 15 is 0 Å². The zero-order chi connectivity index (χ0) is 14.7. The van der Waals surface area contributed by atoms with Crippen molar-refractivity contribution in [2.75, 3.05) is 33.3 Å². The van der Waals surface area contributed by atoms with Crippen LogP contribution in [0.2, 0.25) is 0 Å². The molecular weight excluding hydrogens is 287 g/mol. The third kappa shape index (κ3) is 3.10. The van der Waals surface area contributed by atoms with Gasteiger partial charge in [-0.15, -0.1) is 0 Å². The predicted octanol–water partition coefficient (Wildman–Crippen LogP) is 2.89. The van der Waals surface area contributed by atoms with Gasteiger partial charge in [0.05, 0.1) is 13.2 Å². The zero-order valence-corrected chi connectivity index (χ0v) is 12.8. The zero-order valence-electron chi connectivity index (χ0n) is 12.0. The molecule has 112 valence electrons. The summed E-state index contributed by atoms with van der Waals surface area (Å²) in [5, 5.41) is 7.63. The first-order valence-electron chi connectivity index (χ1n) is 7.10. The fourth-order valence-electron chi connectivity index (χ4n) is 2.83. The Labute approximate surface area is 128 Å². The summed E-state index contributed by atoms with van der Waals surface area (Å²) in [6.45, 7) is 3.94. The van der Waals surface area contributed by atoms with Crippen molar-refractivity contribution >= 4 is 11.3 Å². The van der Waals surface area contributed by atoms with Crippen LogP contribution in [0.15, 0.2) is 35.0 Å². The Morgan fingerprint density at radius 2 is 2.05 bits per heavy atom. The van der Waals surface area contributed by atoms with Crippen molar-refractivity contribution in [2.24, 2.45) is 0 Å². The van der Waals surface area contributed by atoms with Gasteiger partial charge in [0.2, 0.25) is 0 Å². The number of hydrogen-bond donors (Lipinski definition) is 1. The molecule has 2 heterocycles. The monoisotopic (exact) mass is 306 g/mol. The summed E-state index contributed by atoms with van der Waals surface area (Å²) in [7, 11) is 1.51. The van der Waals surface area contributed by atoms with Crippen LogP contribution in [0.25, 0.3) is 0 Å². The summed E-state index contributed by atoms with van der Waals surface area (Å²) in [6, 6.07) is 7.48. The van der Waals surface area contributed by atoms with Gasteiger partial charge in [-0.25, -0.2) is 4.39 Å². The van der Waals surface area contributed by atoms with Crippen molar-refractivity contribution in [3.8, 4) is 5.75 Å². The van der Waals surface area contributed by atoms with E-state index in [0.29, 0.717) is 5.75 Å². The molecule has 1 atom stereocenters. The number of ether oxygens (including phenoxy) is 1. The highest BCUT2D eigenvalue weighted by Crippen LogP contribution is 2.33. The van der Waals surface area contributed by atoms with Crippen molar-refractivity contribution in [1.82, 2.24) is 10.2 Å². The molecule has 2 aromatic rings. The molecule has 0 saturated carbocycles. The SMILES string of the molecule is COc1cc([C@H](c2ccsc2)N2CCNCC2)ccc1F. The number of halogens is 1. The van der Waals surface area contributed by atoms with Crippen molar-refractivity contribution < 1.29 is 9.13 Å². The lowest BCUT2D eigenvalue weighted by Crippen LogP contribution is -2.45. The Balaban J connectivity index is 1.98.